The van der Waals surface area contributed by atoms with Gasteiger partial charge in [0.15, 0.2) is 5.92 Å². The Morgan fingerprint density at radius 3 is 2.35 bits per heavy atom. The number of carbonyl (C=O) groups excluding carboxylic acids is 2. The Morgan fingerprint density at radius 2 is 1.96 bits per heavy atom. The first-order valence-electron chi connectivity index (χ1n) is 7.08. The summed E-state index contributed by atoms with van der Waals surface area (Å²) in [6.45, 7) is 7.15. The van der Waals surface area contributed by atoms with Gasteiger partial charge in [0.2, 0.25) is 6.33 Å². The first-order chi connectivity index (χ1) is 10.9. The predicted molar refractivity (Wildman–Crippen MR) is 79.5 cm³/mol. The second kappa shape index (κ2) is 8.66. The lowest BCUT2D eigenvalue weighted by atomic mass is 9.99. The third kappa shape index (κ3) is 4.90. The van der Waals surface area contributed by atoms with Crippen LogP contribution >= 0.6 is 0 Å². The van der Waals surface area contributed by atoms with E-state index >= 15 is 0 Å². The maximum atomic E-state index is 12.0. The summed E-state index contributed by atoms with van der Waals surface area (Å²) in [4.78, 5) is 37.6. The molecule has 0 spiro atoms. The summed E-state index contributed by atoms with van der Waals surface area (Å²) in [6, 6.07) is -0.546. The fraction of sp³-hybridized carbons (Fsp3) is 0.500. The molecule has 0 saturated heterocycles. The van der Waals surface area contributed by atoms with Crippen LogP contribution in [0.25, 0.3) is 0 Å². The first kappa shape index (κ1) is 18.3. The van der Waals surface area contributed by atoms with Gasteiger partial charge in [-0.15, -0.1) is 6.58 Å². The van der Waals surface area contributed by atoms with Crippen LogP contribution in [0, 0.1) is 16.0 Å². The van der Waals surface area contributed by atoms with Crippen molar-refractivity contribution in [2.45, 2.75) is 26.3 Å². The van der Waals surface area contributed by atoms with Gasteiger partial charge in [-0.05, 0) is 30.2 Å². The van der Waals surface area contributed by atoms with E-state index in [1.807, 2.05) is 0 Å². The summed E-state index contributed by atoms with van der Waals surface area (Å²) in [5, 5.41) is 10.7. The Kier molecular flexibility index (Phi) is 6.91. The molecule has 0 saturated carbocycles. The second-order valence-corrected chi connectivity index (χ2v) is 4.53. The van der Waals surface area contributed by atoms with Crippen molar-refractivity contribution in [1.82, 2.24) is 9.55 Å². The minimum atomic E-state index is -1.14. The van der Waals surface area contributed by atoms with Crippen molar-refractivity contribution < 1.29 is 24.0 Å². The Bertz CT molecular complexity index is 565. The van der Waals surface area contributed by atoms with E-state index in [1.165, 1.54) is 23.2 Å². The van der Waals surface area contributed by atoms with E-state index in [0.717, 1.165) is 0 Å². The molecular formula is C14H19N3O6. The summed E-state index contributed by atoms with van der Waals surface area (Å²) in [7, 11) is 0. The quantitative estimate of drug-likeness (QED) is 0.223. The van der Waals surface area contributed by atoms with Crippen LogP contribution in [-0.4, -0.2) is 39.6 Å². The van der Waals surface area contributed by atoms with Crippen molar-refractivity contribution in [3.05, 3.63) is 35.3 Å². The minimum absolute atomic E-state index is 0.00861. The Hall–Kier alpha value is -2.71. The zero-order valence-electron chi connectivity index (χ0n) is 13.0. The molecule has 0 N–H and O–H groups in total. The number of imidazole rings is 1. The van der Waals surface area contributed by atoms with Gasteiger partial charge in [-0.25, -0.2) is 0 Å². The molecule has 1 aromatic rings. The highest BCUT2D eigenvalue weighted by Crippen LogP contribution is 2.23. The van der Waals surface area contributed by atoms with Gasteiger partial charge in [0, 0.05) is 0 Å². The fourth-order valence-corrected chi connectivity index (χ4v) is 1.96. The number of carbonyl (C=O) groups is 2. The van der Waals surface area contributed by atoms with Crippen molar-refractivity contribution in [2.75, 3.05) is 13.2 Å². The zero-order valence-corrected chi connectivity index (χ0v) is 13.0. The Balaban J connectivity index is 2.96. The highest BCUT2D eigenvalue weighted by molar-refractivity contribution is 5.94. The van der Waals surface area contributed by atoms with Crippen LogP contribution < -0.4 is 0 Å². The number of hydrogen-bond acceptors (Lipinski definition) is 7. The van der Waals surface area contributed by atoms with Crippen LogP contribution in [0.15, 0.2) is 25.2 Å². The van der Waals surface area contributed by atoms with Crippen molar-refractivity contribution >= 4 is 17.8 Å². The molecule has 1 atom stereocenters. The number of aromatic nitrogens is 2. The SMILES string of the molecule is C=CC(CC(C(=O)OCC)C(=O)OCC)n1cnc([N+](=O)[O-])c1. The van der Waals surface area contributed by atoms with Gasteiger partial charge in [-0.3, -0.25) is 9.59 Å². The van der Waals surface area contributed by atoms with E-state index in [2.05, 4.69) is 11.6 Å². The third-order valence-electron chi connectivity index (χ3n) is 3.05. The van der Waals surface area contributed by atoms with E-state index in [0.29, 0.717) is 0 Å². The summed E-state index contributed by atoms with van der Waals surface area (Å²) in [6.07, 6.45) is 3.93. The summed E-state index contributed by atoms with van der Waals surface area (Å²) < 4.78 is 11.2. The van der Waals surface area contributed by atoms with E-state index in [4.69, 9.17) is 9.47 Å². The molecule has 1 aromatic heterocycles. The molecule has 1 rings (SSSR count). The van der Waals surface area contributed by atoms with Gasteiger partial charge in [-0.2, -0.15) is 0 Å². The van der Waals surface area contributed by atoms with E-state index in [1.54, 1.807) is 13.8 Å². The topological polar surface area (TPSA) is 114 Å². The lowest BCUT2D eigenvalue weighted by Gasteiger charge is -2.19. The molecule has 1 unspecified atom stereocenters. The van der Waals surface area contributed by atoms with Crippen LogP contribution in [0.5, 0.6) is 0 Å². The van der Waals surface area contributed by atoms with Crippen molar-refractivity contribution in [3.8, 4) is 0 Å². The lowest BCUT2D eigenvalue weighted by Crippen LogP contribution is -2.30. The van der Waals surface area contributed by atoms with Gasteiger partial charge in [0.25, 0.3) is 0 Å². The summed E-state index contributed by atoms with van der Waals surface area (Å²) in [5.74, 6) is -2.88. The maximum Gasteiger partial charge on any atom is 0.381 e. The second-order valence-electron chi connectivity index (χ2n) is 4.53. The van der Waals surface area contributed by atoms with Gasteiger partial charge < -0.3 is 24.2 Å². The maximum absolute atomic E-state index is 12.0. The molecule has 1 heterocycles. The lowest BCUT2D eigenvalue weighted by molar-refractivity contribution is -0.389. The molecular weight excluding hydrogens is 306 g/mol. The number of allylic oxidation sites excluding steroid dienone is 1. The van der Waals surface area contributed by atoms with Gasteiger partial charge in [-0.1, -0.05) is 6.08 Å². The van der Waals surface area contributed by atoms with Crippen LogP contribution in [-0.2, 0) is 19.1 Å². The van der Waals surface area contributed by atoms with E-state index < -0.39 is 28.8 Å². The molecule has 0 amide bonds. The Morgan fingerprint density at radius 1 is 1.39 bits per heavy atom. The molecule has 0 bridgehead atoms. The number of hydrogen-bond donors (Lipinski definition) is 0. The van der Waals surface area contributed by atoms with Crippen LogP contribution in [0.4, 0.5) is 5.82 Å². The first-order valence-corrected chi connectivity index (χ1v) is 7.08. The van der Waals surface area contributed by atoms with Gasteiger partial charge >= 0.3 is 17.8 Å². The molecule has 0 aromatic carbocycles. The average molecular weight is 325 g/mol. The van der Waals surface area contributed by atoms with E-state index in [-0.39, 0.29) is 25.5 Å². The molecule has 0 radical (unpaired) electrons. The molecule has 9 heteroatoms. The molecule has 0 aliphatic carbocycles. The zero-order chi connectivity index (χ0) is 17.4. The van der Waals surface area contributed by atoms with Crippen molar-refractivity contribution in [1.29, 1.82) is 0 Å². The number of ether oxygens (including phenoxy) is 2. The van der Waals surface area contributed by atoms with Crippen LogP contribution in [0.3, 0.4) is 0 Å². The number of nitro groups is 1. The largest absolute Gasteiger partial charge is 0.465 e. The smallest absolute Gasteiger partial charge is 0.381 e. The Labute approximate surface area is 133 Å². The fourth-order valence-electron chi connectivity index (χ4n) is 1.96. The molecule has 0 aliphatic rings. The molecule has 0 fully saturated rings. The number of esters is 2. The van der Waals surface area contributed by atoms with Crippen LogP contribution in [0.1, 0.15) is 26.3 Å². The average Bonchev–Trinajstić information content (AvgIpc) is 2.98. The minimum Gasteiger partial charge on any atom is -0.465 e. The van der Waals surface area contributed by atoms with Crippen molar-refractivity contribution in [3.63, 3.8) is 0 Å². The van der Waals surface area contributed by atoms with Crippen molar-refractivity contribution in [2.24, 2.45) is 5.92 Å². The number of rotatable bonds is 9. The molecule has 23 heavy (non-hydrogen) atoms. The third-order valence-corrected chi connectivity index (χ3v) is 3.05. The van der Waals surface area contributed by atoms with Gasteiger partial charge in [0.1, 0.15) is 6.20 Å². The molecule has 126 valence electrons. The van der Waals surface area contributed by atoms with Gasteiger partial charge in [0.05, 0.1) is 19.3 Å². The predicted octanol–water partition coefficient (Wildman–Crippen LogP) is 1.65. The van der Waals surface area contributed by atoms with E-state index in [9.17, 15) is 19.7 Å². The number of nitrogens with zero attached hydrogens (tertiary/aromatic N) is 3. The monoisotopic (exact) mass is 325 g/mol. The highest BCUT2D eigenvalue weighted by Gasteiger charge is 2.32. The highest BCUT2D eigenvalue weighted by atomic mass is 16.6. The standard InChI is InChI=1S/C14H19N3O6/c1-4-10(16-8-12(15-9-16)17(20)21)7-11(13(18)22-5-2)14(19)23-6-3/h4,8-11H,1,5-7H2,2-3H3. The van der Waals surface area contributed by atoms with Crippen LogP contribution in [0.2, 0.25) is 0 Å². The molecule has 9 nitrogen and oxygen atoms in total. The molecule has 0 aliphatic heterocycles. The normalized spacial score (nSPS) is 11.8. The summed E-state index contributed by atoms with van der Waals surface area (Å²) >= 11 is 0. The summed E-state index contributed by atoms with van der Waals surface area (Å²) in [5.41, 5.74) is 0.